The molecule has 0 spiro atoms. The Morgan fingerprint density at radius 3 is 2.67 bits per heavy atom. The van der Waals surface area contributed by atoms with E-state index in [4.69, 9.17) is 4.42 Å². The van der Waals surface area contributed by atoms with Crippen LogP contribution in [0, 0.1) is 0 Å². The van der Waals surface area contributed by atoms with Crippen molar-refractivity contribution in [3.8, 4) is 0 Å². The monoisotopic (exact) mass is 473 g/mol. The van der Waals surface area contributed by atoms with Crippen LogP contribution < -0.4 is 11.4 Å². The lowest BCUT2D eigenvalue weighted by Gasteiger charge is -2.38. The highest BCUT2D eigenvalue weighted by molar-refractivity contribution is 9.12. The minimum absolute atomic E-state index is 0.113. The molecule has 2 atom stereocenters. The summed E-state index contributed by atoms with van der Waals surface area (Å²) in [7, 11) is 1.41. The highest BCUT2D eigenvalue weighted by atomic mass is 79.9. The molecule has 10 heteroatoms. The van der Waals surface area contributed by atoms with Crippen molar-refractivity contribution in [3.63, 3.8) is 0 Å². The predicted molar refractivity (Wildman–Crippen MR) is 107 cm³/mol. The van der Waals surface area contributed by atoms with Gasteiger partial charge in [-0.05, 0) is 33.6 Å². The SMILES string of the molecule is Cn1c(=O)n2n(c1=O)[C@@H]1CC3=C(C(=O)C=C(Br)C3=O)[C@@H](c3ccc(CO)o3)C1=CC2. The minimum atomic E-state index is -0.691. The van der Waals surface area contributed by atoms with Gasteiger partial charge in [-0.25, -0.2) is 23.5 Å². The quantitative estimate of drug-likeness (QED) is 0.509. The zero-order valence-electron chi connectivity index (χ0n) is 15.8. The summed E-state index contributed by atoms with van der Waals surface area (Å²) in [5.41, 5.74) is 0.384. The standard InChI is InChI=1S/C20H16BrN3O6/c1-22-19(28)23-5-4-10-13(24(23)20(22)29)6-11-16(14(26)7-12(21)18(11)27)17(10)15-3-2-9(8-25)30-15/h2-4,7,13,17,25H,5-6,8H2,1H3/t13-,17-/m1/s1. The van der Waals surface area contributed by atoms with Crippen LogP contribution >= 0.6 is 15.9 Å². The zero-order valence-corrected chi connectivity index (χ0v) is 17.4. The molecule has 2 aromatic heterocycles. The number of ketones is 2. The van der Waals surface area contributed by atoms with E-state index in [1.165, 1.54) is 22.5 Å². The number of hydrogen-bond acceptors (Lipinski definition) is 6. The Kier molecular flexibility index (Phi) is 4.13. The van der Waals surface area contributed by atoms with Gasteiger partial charge in [0.15, 0.2) is 11.6 Å². The van der Waals surface area contributed by atoms with Gasteiger partial charge in [-0.1, -0.05) is 6.08 Å². The van der Waals surface area contributed by atoms with E-state index in [0.29, 0.717) is 28.2 Å². The normalized spacial score (nSPS) is 23.0. The molecule has 1 N–H and O–H groups in total. The minimum Gasteiger partial charge on any atom is -0.463 e. The number of aromatic nitrogens is 3. The van der Waals surface area contributed by atoms with Gasteiger partial charge in [-0.15, -0.1) is 0 Å². The van der Waals surface area contributed by atoms with E-state index in [0.717, 1.165) is 4.57 Å². The van der Waals surface area contributed by atoms with Crippen molar-refractivity contribution in [2.24, 2.45) is 7.05 Å². The highest BCUT2D eigenvalue weighted by Crippen LogP contribution is 2.50. The topological polar surface area (TPSA) is 116 Å². The molecular weight excluding hydrogens is 458 g/mol. The van der Waals surface area contributed by atoms with Gasteiger partial charge >= 0.3 is 11.4 Å². The lowest BCUT2D eigenvalue weighted by Crippen LogP contribution is -2.40. The molecule has 0 aromatic carbocycles. The van der Waals surface area contributed by atoms with Crippen LogP contribution in [0.3, 0.4) is 0 Å². The third kappa shape index (κ3) is 2.43. The average molecular weight is 474 g/mol. The summed E-state index contributed by atoms with van der Waals surface area (Å²) in [5.74, 6) is -0.610. The van der Waals surface area contributed by atoms with Gasteiger partial charge in [-0.3, -0.25) is 9.59 Å². The number of aliphatic hydroxyl groups is 1. The Morgan fingerprint density at radius 2 is 1.97 bits per heavy atom. The Labute approximate surface area is 177 Å². The summed E-state index contributed by atoms with van der Waals surface area (Å²) in [5, 5.41) is 9.40. The molecule has 0 amide bonds. The molecule has 2 aromatic rings. The number of Topliss-reactive ketones (excluding diaryl/α,β-unsaturated/α-hetero) is 1. The molecule has 154 valence electrons. The van der Waals surface area contributed by atoms with Crippen molar-refractivity contribution < 1.29 is 19.1 Å². The van der Waals surface area contributed by atoms with Crippen LogP contribution in [0.4, 0.5) is 0 Å². The Bertz CT molecular complexity index is 1350. The summed E-state index contributed by atoms with van der Waals surface area (Å²) < 4.78 is 9.61. The van der Waals surface area contributed by atoms with Gasteiger partial charge in [0.05, 0.1) is 23.0 Å². The average Bonchev–Trinajstić information content (AvgIpc) is 3.30. The molecule has 0 radical (unpaired) electrons. The molecule has 0 bridgehead atoms. The summed E-state index contributed by atoms with van der Waals surface area (Å²) in [4.78, 5) is 51.1. The van der Waals surface area contributed by atoms with Crippen LogP contribution in [0.25, 0.3) is 0 Å². The van der Waals surface area contributed by atoms with E-state index in [1.807, 2.05) is 6.08 Å². The van der Waals surface area contributed by atoms with Crippen LogP contribution in [0.1, 0.15) is 29.9 Å². The molecule has 2 aliphatic carbocycles. The summed E-state index contributed by atoms with van der Waals surface area (Å²) in [6.07, 6.45) is 3.17. The molecule has 3 heterocycles. The highest BCUT2D eigenvalue weighted by Gasteiger charge is 2.45. The fourth-order valence-corrected chi connectivity index (χ4v) is 5.00. The summed E-state index contributed by atoms with van der Waals surface area (Å²) in [6.45, 7) is -0.147. The van der Waals surface area contributed by atoms with Gasteiger partial charge in [0.2, 0.25) is 0 Å². The third-order valence-electron chi connectivity index (χ3n) is 5.91. The summed E-state index contributed by atoms with van der Waals surface area (Å²) >= 11 is 3.16. The van der Waals surface area contributed by atoms with Crippen LogP contribution in [-0.2, 0) is 29.8 Å². The lowest BCUT2D eigenvalue weighted by atomic mass is 9.70. The maximum absolute atomic E-state index is 12.9. The van der Waals surface area contributed by atoms with Crippen molar-refractivity contribution in [1.82, 2.24) is 13.9 Å². The van der Waals surface area contributed by atoms with Gasteiger partial charge in [0, 0.05) is 30.7 Å². The van der Waals surface area contributed by atoms with E-state index in [-0.39, 0.29) is 35.6 Å². The Morgan fingerprint density at radius 1 is 1.20 bits per heavy atom. The first kappa shape index (κ1) is 19.0. The molecule has 0 saturated heterocycles. The first-order valence-corrected chi connectivity index (χ1v) is 10.1. The molecule has 0 saturated carbocycles. The fraction of sp³-hybridized carbons (Fsp3) is 0.300. The van der Waals surface area contributed by atoms with E-state index in [2.05, 4.69) is 15.9 Å². The van der Waals surface area contributed by atoms with E-state index >= 15 is 0 Å². The molecule has 9 nitrogen and oxygen atoms in total. The predicted octanol–water partition coefficient (Wildman–Crippen LogP) is 0.830. The second kappa shape index (κ2) is 6.51. The fourth-order valence-electron chi connectivity index (χ4n) is 4.55. The maximum Gasteiger partial charge on any atom is 0.347 e. The van der Waals surface area contributed by atoms with Crippen LogP contribution in [-0.4, -0.2) is 30.6 Å². The number of carbonyl (C=O) groups excluding carboxylic acids is 2. The molecule has 0 fully saturated rings. The van der Waals surface area contributed by atoms with Crippen LogP contribution in [0.2, 0.25) is 0 Å². The van der Waals surface area contributed by atoms with Crippen molar-refractivity contribution in [3.05, 3.63) is 78.0 Å². The van der Waals surface area contributed by atoms with Crippen molar-refractivity contribution in [2.75, 3.05) is 0 Å². The van der Waals surface area contributed by atoms with Gasteiger partial charge in [0.1, 0.15) is 18.1 Å². The second-order valence-electron chi connectivity index (χ2n) is 7.45. The number of carbonyl (C=O) groups is 2. The van der Waals surface area contributed by atoms with Crippen LogP contribution in [0.5, 0.6) is 0 Å². The van der Waals surface area contributed by atoms with Gasteiger partial charge < -0.3 is 9.52 Å². The Balaban J connectivity index is 1.77. The number of hydrogen-bond donors (Lipinski definition) is 1. The number of rotatable bonds is 2. The van der Waals surface area contributed by atoms with Gasteiger partial charge in [-0.2, -0.15) is 0 Å². The molecule has 3 aliphatic rings. The largest absolute Gasteiger partial charge is 0.463 e. The number of allylic oxidation sites excluding steroid dienone is 6. The van der Waals surface area contributed by atoms with E-state index < -0.39 is 23.3 Å². The van der Waals surface area contributed by atoms with Crippen LogP contribution in [0.15, 0.2) is 59.5 Å². The number of furan rings is 1. The Hall–Kier alpha value is -2.98. The van der Waals surface area contributed by atoms with E-state index in [9.17, 15) is 24.3 Å². The van der Waals surface area contributed by atoms with E-state index in [1.54, 1.807) is 12.1 Å². The second-order valence-corrected chi connectivity index (χ2v) is 8.30. The first-order chi connectivity index (χ1) is 14.3. The maximum atomic E-state index is 12.9. The lowest BCUT2D eigenvalue weighted by molar-refractivity contribution is -0.115. The number of fused-ring (bicyclic) bond motifs is 3. The third-order valence-corrected chi connectivity index (χ3v) is 6.50. The molecular formula is C20H16BrN3O6. The number of aliphatic hydroxyl groups excluding tert-OH is 1. The molecule has 30 heavy (non-hydrogen) atoms. The zero-order chi connectivity index (χ0) is 21.3. The van der Waals surface area contributed by atoms with Crippen molar-refractivity contribution >= 4 is 27.5 Å². The smallest absolute Gasteiger partial charge is 0.347 e. The summed E-state index contributed by atoms with van der Waals surface area (Å²) in [6, 6.07) is 2.65. The van der Waals surface area contributed by atoms with Crippen molar-refractivity contribution in [1.29, 1.82) is 0 Å². The first-order valence-electron chi connectivity index (χ1n) is 9.30. The number of halogens is 1. The van der Waals surface area contributed by atoms with Crippen molar-refractivity contribution in [2.45, 2.75) is 31.5 Å². The molecule has 0 unspecified atom stereocenters. The molecule has 1 aliphatic heterocycles. The number of nitrogens with zero attached hydrogens (tertiary/aromatic N) is 3. The molecule has 5 rings (SSSR count). The van der Waals surface area contributed by atoms with Gasteiger partial charge in [0.25, 0.3) is 0 Å².